The number of ether oxygens (including phenoxy) is 2. The highest BCUT2D eigenvalue weighted by Crippen LogP contribution is 2.45. The lowest BCUT2D eigenvalue weighted by Gasteiger charge is -2.23. The third-order valence-electron chi connectivity index (χ3n) is 3.88. The minimum atomic E-state index is -4.71. The number of hydrogen-bond acceptors (Lipinski definition) is 8. The van der Waals surface area contributed by atoms with E-state index in [2.05, 4.69) is 15.0 Å². The van der Waals surface area contributed by atoms with Crippen LogP contribution in [-0.4, -0.2) is 54.7 Å². The largest absolute Gasteiger partial charge is 0.470 e. The molecule has 0 bridgehead atoms. The molecule has 24 heavy (non-hydrogen) atoms. The first-order valence-electron chi connectivity index (χ1n) is 7.21. The lowest BCUT2D eigenvalue weighted by molar-refractivity contribution is -0.0496. The summed E-state index contributed by atoms with van der Waals surface area (Å²) in [6.45, 7) is 1.82. The van der Waals surface area contributed by atoms with Crippen LogP contribution in [0.5, 0.6) is 0 Å². The highest BCUT2D eigenvalue weighted by atomic mass is 31.2. The maximum atomic E-state index is 11.3. The summed E-state index contributed by atoms with van der Waals surface area (Å²) >= 11 is 0. The third-order valence-corrected chi connectivity index (χ3v) is 4.40. The second-order valence-electron chi connectivity index (χ2n) is 5.32. The van der Waals surface area contributed by atoms with Gasteiger partial charge in [-0.3, -0.25) is 9.09 Å². The van der Waals surface area contributed by atoms with Crippen LogP contribution in [-0.2, 0) is 18.6 Å². The molecular weight excluding hydrogens is 341 g/mol. The third kappa shape index (κ3) is 3.02. The molecule has 0 amide bonds. The Kier molecular flexibility index (Phi) is 4.56. The lowest BCUT2D eigenvalue weighted by Crippen LogP contribution is -2.35. The molecule has 2 aromatic rings. The van der Waals surface area contributed by atoms with Gasteiger partial charge >= 0.3 is 7.82 Å². The van der Waals surface area contributed by atoms with Gasteiger partial charge in [0.25, 0.3) is 0 Å². The number of phosphoric ester groups is 1. The summed E-state index contributed by atoms with van der Waals surface area (Å²) in [6, 6.07) is 0. The fourth-order valence-electron chi connectivity index (χ4n) is 2.85. The zero-order valence-electron chi connectivity index (χ0n) is 13.0. The Morgan fingerprint density at radius 2 is 2.12 bits per heavy atom. The lowest BCUT2D eigenvalue weighted by atomic mass is 10.1. The van der Waals surface area contributed by atoms with Gasteiger partial charge in [0, 0.05) is 7.11 Å². The molecule has 0 spiro atoms. The van der Waals surface area contributed by atoms with Gasteiger partial charge in [-0.2, -0.15) is 0 Å². The normalized spacial score (nSPS) is 27.8. The van der Waals surface area contributed by atoms with Crippen LogP contribution in [0.4, 0.5) is 5.82 Å². The van der Waals surface area contributed by atoms with E-state index in [1.807, 2.05) is 6.92 Å². The summed E-state index contributed by atoms with van der Waals surface area (Å²) in [4.78, 5) is 30.5. The molecule has 1 saturated heterocycles. The van der Waals surface area contributed by atoms with Crippen molar-refractivity contribution in [3.05, 3.63) is 12.7 Å². The minimum absolute atomic E-state index is 0.223. The van der Waals surface area contributed by atoms with Crippen LogP contribution in [0.15, 0.2) is 12.7 Å². The van der Waals surface area contributed by atoms with E-state index in [0.29, 0.717) is 17.6 Å². The quantitative estimate of drug-likeness (QED) is 0.631. The van der Waals surface area contributed by atoms with Crippen molar-refractivity contribution in [3.63, 3.8) is 0 Å². The van der Waals surface area contributed by atoms with E-state index in [-0.39, 0.29) is 5.82 Å². The van der Waals surface area contributed by atoms with Gasteiger partial charge in [-0.25, -0.2) is 19.5 Å². The number of anilines is 1. The number of nitrogen functional groups attached to an aromatic ring is 1. The van der Waals surface area contributed by atoms with Crippen LogP contribution < -0.4 is 5.73 Å². The maximum absolute atomic E-state index is 11.3. The van der Waals surface area contributed by atoms with Crippen LogP contribution in [0.1, 0.15) is 19.6 Å². The highest BCUT2D eigenvalue weighted by Gasteiger charge is 2.49. The van der Waals surface area contributed by atoms with Gasteiger partial charge in [-0.1, -0.05) is 6.92 Å². The van der Waals surface area contributed by atoms with Crippen molar-refractivity contribution in [2.24, 2.45) is 0 Å². The average Bonchev–Trinajstić information content (AvgIpc) is 3.07. The van der Waals surface area contributed by atoms with Crippen molar-refractivity contribution >= 4 is 24.8 Å². The Morgan fingerprint density at radius 1 is 1.38 bits per heavy atom. The summed E-state index contributed by atoms with van der Waals surface area (Å²) in [5, 5.41) is 0. The van der Waals surface area contributed by atoms with Gasteiger partial charge in [-0.05, 0) is 6.42 Å². The van der Waals surface area contributed by atoms with E-state index in [1.54, 1.807) is 4.57 Å². The van der Waals surface area contributed by atoms with E-state index < -0.39 is 32.4 Å². The van der Waals surface area contributed by atoms with Gasteiger partial charge in [0.05, 0.1) is 12.4 Å². The number of hydrogen-bond donors (Lipinski definition) is 3. The molecule has 3 heterocycles. The number of fused-ring (bicyclic) bond motifs is 1. The molecule has 0 radical (unpaired) electrons. The minimum Gasteiger partial charge on any atom is -0.382 e. The van der Waals surface area contributed by atoms with Crippen molar-refractivity contribution in [2.75, 3.05) is 12.8 Å². The molecule has 0 saturated carbocycles. The molecule has 12 heteroatoms. The maximum Gasteiger partial charge on any atom is 0.470 e. The first-order valence-corrected chi connectivity index (χ1v) is 8.74. The van der Waals surface area contributed by atoms with E-state index >= 15 is 0 Å². The molecule has 0 aromatic carbocycles. The number of aromatic nitrogens is 4. The molecule has 0 aliphatic carbocycles. The molecule has 11 nitrogen and oxygen atoms in total. The predicted molar refractivity (Wildman–Crippen MR) is 81.7 cm³/mol. The van der Waals surface area contributed by atoms with Gasteiger partial charge < -0.3 is 25.0 Å². The van der Waals surface area contributed by atoms with Crippen LogP contribution in [0.2, 0.25) is 0 Å². The van der Waals surface area contributed by atoms with Crippen molar-refractivity contribution in [1.82, 2.24) is 19.5 Å². The molecule has 2 aromatic heterocycles. The zero-order valence-corrected chi connectivity index (χ0v) is 13.9. The number of rotatable bonds is 5. The first kappa shape index (κ1) is 17.2. The van der Waals surface area contributed by atoms with Gasteiger partial charge in [0.1, 0.15) is 24.1 Å². The highest BCUT2D eigenvalue weighted by molar-refractivity contribution is 7.46. The summed E-state index contributed by atoms with van der Waals surface area (Å²) in [5.41, 5.74) is 6.61. The fraction of sp³-hybridized carbons (Fsp3) is 0.583. The monoisotopic (exact) mass is 359 g/mol. The van der Waals surface area contributed by atoms with E-state index in [1.165, 1.54) is 19.8 Å². The van der Waals surface area contributed by atoms with Crippen molar-refractivity contribution < 1.29 is 28.3 Å². The summed E-state index contributed by atoms with van der Waals surface area (Å²) in [5.74, 6) is 0.223. The number of phosphoric acid groups is 1. The van der Waals surface area contributed by atoms with Crippen LogP contribution in [0.25, 0.3) is 11.2 Å². The Morgan fingerprint density at radius 3 is 2.75 bits per heavy atom. The molecule has 1 fully saturated rings. The van der Waals surface area contributed by atoms with Crippen LogP contribution in [0.3, 0.4) is 0 Å². The first-order chi connectivity index (χ1) is 11.4. The SMILES string of the molecule is CC[C@H]1O[C@@H](n2cnc3c(N)ncnc32)C(OC)[C@H]1OP(=O)(O)O. The molecule has 132 valence electrons. The molecule has 1 aliphatic heterocycles. The molecule has 4 atom stereocenters. The predicted octanol–water partition coefficient (Wildman–Crippen LogP) is 0.209. The molecule has 1 unspecified atom stereocenters. The average molecular weight is 359 g/mol. The summed E-state index contributed by atoms with van der Waals surface area (Å²) in [7, 11) is -3.29. The molecule has 1 aliphatic rings. The molecule has 3 rings (SSSR count). The Balaban J connectivity index is 2.00. The summed E-state index contributed by atoms with van der Waals surface area (Å²) < 4.78 is 29.0. The van der Waals surface area contributed by atoms with Crippen molar-refractivity contribution in [3.8, 4) is 0 Å². The van der Waals surface area contributed by atoms with E-state index in [4.69, 9.17) is 29.5 Å². The van der Waals surface area contributed by atoms with Crippen LogP contribution in [0, 0.1) is 0 Å². The van der Waals surface area contributed by atoms with Gasteiger partial charge in [0.2, 0.25) is 0 Å². The van der Waals surface area contributed by atoms with Crippen LogP contribution >= 0.6 is 7.82 Å². The zero-order chi connectivity index (χ0) is 17.5. The van der Waals surface area contributed by atoms with Gasteiger partial charge in [-0.15, -0.1) is 0 Å². The smallest absolute Gasteiger partial charge is 0.382 e. The van der Waals surface area contributed by atoms with E-state index in [0.717, 1.165) is 0 Å². The topological polar surface area (TPSA) is 155 Å². The number of nitrogens with zero attached hydrogens (tertiary/aromatic N) is 4. The number of imidazole rings is 1. The van der Waals surface area contributed by atoms with Crippen molar-refractivity contribution in [2.45, 2.75) is 37.9 Å². The fourth-order valence-corrected chi connectivity index (χ4v) is 3.43. The number of methoxy groups -OCH3 is 1. The second kappa shape index (κ2) is 6.36. The molecular formula is C12H18N5O6P. The van der Waals surface area contributed by atoms with Gasteiger partial charge in [0.15, 0.2) is 17.7 Å². The number of nitrogens with two attached hydrogens (primary N) is 1. The Bertz CT molecular complexity index is 778. The van der Waals surface area contributed by atoms with Crippen molar-refractivity contribution in [1.29, 1.82) is 0 Å². The second-order valence-corrected chi connectivity index (χ2v) is 6.51. The Labute approximate surface area is 137 Å². The standard InChI is InChI=1S/C12H18N5O6P/c1-3-6-8(23-24(18,19)20)9(21-2)12(22-6)17-5-16-7-10(13)14-4-15-11(7)17/h4-6,8-9,12H,3H2,1-2H3,(H2,13,14,15)(H2,18,19,20)/t6-,8+,9?,12-/m1/s1. The Hall–Kier alpha value is -1.62. The molecule has 4 N–H and O–H groups in total. The summed E-state index contributed by atoms with van der Waals surface area (Å²) in [6.07, 6.45) is 0.246. The van der Waals surface area contributed by atoms with E-state index in [9.17, 15) is 4.57 Å².